The predicted octanol–water partition coefficient (Wildman–Crippen LogP) is -0.278. The second-order valence-electron chi connectivity index (χ2n) is 6.49. The van der Waals surface area contributed by atoms with Crippen LogP contribution in [0.1, 0.15) is 20.8 Å². The maximum absolute atomic E-state index is 12.0. The molecule has 2 atom stereocenters. The molecule has 1 amide bonds. The van der Waals surface area contributed by atoms with Crippen LogP contribution in [0.25, 0.3) is 0 Å². The molecule has 1 heterocycles. The van der Waals surface area contributed by atoms with E-state index in [1.165, 1.54) is 0 Å². The molecule has 0 radical (unpaired) electrons. The third-order valence-electron chi connectivity index (χ3n) is 3.71. The van der Waals surface area contributed by atoms with Crippen LogP contribution in [0.5, 0.6) is 0 Å². The van der Waals surface area contributed by atoms with Crippen molar-refractivity contribution in [3.8, 4) is 0 Å². The van der Waals surface area contributed by atoms with E-state index in [1.54, 1.807) is 0 Å². The summed E-state index contributed by atoms with van der Waals surface area (Å²) in [7, 11) is 4.22. The SMILES string of the molecule is CN1CCN(C)C(CNC(=O)[C@H](N)C(C)(C)C)C1. The van der Waals surface area contributed by atoms with Gasteiger partial charge in [0.25, 0.3) is 0 Å². The first-order chi connectivity index (χ1) is 8.21. The van der Waals surface area contributed by atoms with E-state index in [0.717, 1.165) is 19.6 Å². The Bertz CT molecular complexity index is 287. The van der Waals surface area contributed by atoms with E-state index < -0.39 is 6.04 Å². The van der Waals surface area contributed by atoms with Crippen molar-refractivity contribution in [2.75, 3.05) is 40.3 Å². The van der Waals surface area contributed by atoms with E-state index in [2.05, 4.69) is 29.2 Å². The summed E-state index contributed by atoms with van der Waals surface area (Å²) >= 11 is 0. The highest BCUT2D eigenvalue weighted by atomic mass is 16.2. The summed E-state index contributed by atoms with van der Waals surface area (Å²) in [5, 5.41) is 2.98. The summed E-state index contributed by atoms with van der Waals surface area (Å²) in [5.74, 6) is -0.0517. The summed E-state index contributed by atoms with van der Waals surface area (Å²) in [6.07, 6.45) is 0. The smallest absolute Gasteiger partial charge is 0.237 e. The lowest BCUT2D eigenvalue weighted by atomic mass is 9.87. The van der Waals surface area contributed by atoms with Gasteiger partial charge in [-0.15, -0.1) is 0 Å². The molecule has 1 rings (SSSR count). The summed E-state index contributed by atoms with van der Waals surface area (Å²) in [5.41, 5.74) is 5.74. The number of piperazine rings is 1. The van der Waals surface area contributed by atoms with Crippen LogP contribution >= 0.6 is 0 Å². The lowest BCUT2D eigenvalue weighted by Gasteiger charge is -2.38. The van der Waals surface area contributed by atoms with E-state index in [4.69, 9.17) is 5.73 Å². The third-order valence-corrected chi connectivity index (χ3v) is 3.71. The molecule has 0 aromatic heterocycles. The Balaban J connectivity index is 2.42. The van der Waals surface area contributed by atoms with E-state index in [9.17, 15) is 4.79 Å². The third kappa shape index (κ3) is 4.23. The highest BCUT2D eigenvalue weighted by Gasteiger charge is 2.29. The first-order valence-electron chi connectivity index (χ1n) is 6.64. The minimum atomic E-state index is -0.455. The van der Waals surface area contributed by atoms with Gasteiger partial charge in [-0.1, -0.05) is 20.8 Å². The Morgan fingerprint density at radius 3 is 2.56 bits per heavy atom. The quantitative estimate of drug-likeness (QED) is 0.729. The molecule has 106 valence electrons. The fourth-order valence-corrected chi connectivity index (χ4v) is 2.04. The van der Waals surface area contributed by atoms with Gasteiger partial charge >= 0.3 is 0 Å². The average molecular weight is 256 g/mol. The molecule has 0 bridgehead atoms. The number of likely N-dealkylation sites (N-methyl/N-ethyl adjacent to an activating group) is 2. The molecule has 1 unspecified atom stereocenters. The Kier molecular flexibility index (Phi) is 5.13. The van der Waals surface area contributed by atoms with Gasteiger partial charge in [0.15, 0.2) is 0 Å². The number of hydrogen-bond acceptors (Lipinski definition) is 4. The van der Waals surface area contributed by atoms with Crippen LogP contribution in [0.3, 0.4) is 0 Å². The highest BCUT2D eigenvalue weighted by molar-refractivity contribution is 5.82. The van der Waals surface area contributed by atoms with Gasteiger partial charge in [0.2, 0.25) is 5.91 Å². The van der Waals surface area contributed by atoms with Crippen molar-refractivity contribution in [3.63, 3.8) is 0 Å². The fourth-order valence-electron chi connectivity index (χ4n) is 2.04. The van der Waals surface area contributed by atoms with E-state index in [0.29, 0.717) is 12.6 Å². The monoisotopic (exact) mass is 256 g/mol. The Hall–Kier alpha value is -0.650. The minimum absolute atomic E-state index is 0.0517. The van der Waals surface area contributed by atoms with Gasteiger partial charge in [-0.25, -0.2) is 0 Å². The molecular formula is C13H28N4O. The number of nitrogens with one attached hydrogen (secondary N) is 1. The van der Waals surface area contributed by atoms with Crippen molar-refractivity contribution < 1.29 is 4.79 Å². The van der Waals surface area contributed by atoms with E-state index >= 15 is 0 Å². The van der Waals surface area contributed by atoms with Crippen LogP contribution in [-0.2, 0) is 4.79 Å². The van der Waals surface area contributed by atoms with Crippen LogP contribution in [0, 0.1) is 5.41 Å². The number of hydrogen-bond donors (Lipinski definition) is 2. The molecular weight excluding hydrogens is 228 g/mol. The standard InChI is InChI=1S/C13H28N4O/c1-13(2,3)11(14)12(18)15-8-10-9-16(4)6-7-17(10)5/h10-11H,6-9,14H2,1-5H3,(H,15,18)/t10?,11-/m0/s1. The molecule has 1 aliphatic rings. The first kappa shape index (κ1) is 15.4. The van der Waals surface area contributed by atoms with Crippen molar-refractivity contribution >= 4 is 5.91 Å². The molecule has 1 aliphatic heterocycles. The number of carbonyl (C=O) groups excluding carboxylic acids is 1. The predicted molar refractivity (Wildman–Crippen MR) is 74.4 cm³/mol. The van der Waals surface area contributed by atoms with E-state index in [-0.39, 0.29) is 11.3 Å². The Labute approximate surface area is 111 Å². The average Bonchev–Trinajstić information content (AvgIpc) is 2.27. The molecule has 5 nitrogen and oxygen atoms in total. The van der Waals surface area contributed by atoms with Gasteiger partial charge in [-0.05, 0) is 19.5 Å². The summed E-state index contributed by atoms with van der Waals surface area (Å²) < 4.78 is 0. The molecule has 0 saturated carbocycles. The number of nitrogens with zero attached hydrogens (tertiary/aromatic N) is 2. The molecule has 0 aromatic carbocycles. The highest BCUT2D eigenvalue weighted by Crippen LogP contribution is 2.17. The second-order valence-corrected chi connectivity index (χ2v) is 6.49. The van der Waals surface area contributed by atoms with Gasteiger partial charge in [0, 0.05) is 32.2 Å². The van der Waals surface area contributed by atoms with Crippen molar-refractivity contribution in [1.82, 2.24) is 15.1 Å². The van der Waals surface area contributed by atoms with Gasteiger partial charge in [0.1, 0.15) is 0 Å². The Morgan fingerprint density at radius 1 is 1.39 bits per heavy atom. The van der Waals surface area contributed by atoms with E-state index in [1.807, 2.05) is 20.8 Å². The van der Waals surface area contributed by atoms with Crippen molar-refractivity contribution in [2.24, 2.45) is 11.1 Å². The number of nitrogens with two attached hydrogens (primary N) is 1. The normalized spacial score (nSPS) is 24.9. The van der Waals surface area contributed by atoms with Gasteiger partial charge < -0.3 is 16.0 Å². The summed E-state index contributed by atoms with van der Waals surface area (Å²) in [6, 6.07) is -0.0796. The molecule has 5 heteroatoms. The fraction of sp³-hybridized carbons (Fsp3) is 0.923. The van der Waals surface area contributed by atoms with Crippen LogP contribution in [0.4, 0.5) is 0 Å². The van der Waals surface area contributed by atoms with Crippen molar-refractivity contribution in [3.05, 3.63) is 0 Å². The molecule has 18 heavy (non-hydrogen) atoms. The Morgan fingerprint density at radius 2 is 2.00 bits per heavy atom. The van der Waals surface area contributed by atoms with Gasteiger partial charge in [-0.2, -0.15) is 0 Å². The van der Waals surface area contributed by atoms with Crippen molar-refractivity contribution in [2.45, 2.75) is 32.9 Å². The zero-order valence-electron chi connectivity index (χ0n) is 12.4. The number of carbonyl (C=O) groups is 1. The molecule has 0 aromatic rings. The molecule has 1 fully saturated rings. The van der Waals surface area contributed by atoms with Crippen LogP contribution in [-0.4, -0.2) is 68.1 Å². The van der Waals surface area contributed by atoms with Gasteiger partial charge in [0.05, 0.1) is 6.04 Å². The molecule has 3 N–H and O–H groups in total. The maximum Gasteiger partial charge on any atom is 0.237 e. The largest absolute Gasteiger partial charge is 0.353 e. The van der Waals surface area contributed by atoms with Crippen LogP contribution in [0.2, 0.25) is 0 Å². The number of amides is 1. The molecule has 1 saturated heterocycles. The lowest BCUT2D eigenvalue weighted by molar-refractivity contribution is -0.124. The summed E-state index contributed by atoms with van der Waals surface area (Å²) in [4.78, 5) is 16.5. The number of rotatable bonds is 3. The lowest BCUT2D eigenvalue weighted by Crippen LogP contribution is -2.56. The zero-order valence-corrected chi connectivity index (χ0v) is 12.4. The topological polar surface area (TPSA) is 61.6 Å². The second kappa shape index (κ2) is 5.99. The van der Waals surface area contributed by atoms with Crippen LogP contribution < -0.4 is 11.1 Å². The van der Waals surface area contributed by atoms with Gasteiger partial charge in [-0.3, -0.25) is 9.69 Å². The molecule has 0 spiro atoms. The van der Waals surface area contributed by atoms with Crippen molar-refractivity contribution in [1.29, 1.82) is 0 Å². The summed E-state index contributed by atoms with van der Waals surface area (Å²) in [6.45, 7) is 9.74. The zero-order chi connectivity index (χ0) is 13.9. The van der Waals surface area contributed by atoms with Crippen LogP contribution in [0.15, 0.2) is 0 Å². The first-order valence-corrected chi connectivity index (χ1v) is 6.64. The molecule has 0 aliphatic carbocycles. The maximum atomic E-state index is 12.0. The minimum Gasteiger partial charge on any atom is -0.353 e.